The molecule has 0 aromatic heterocycles. The molecule has 1 aliphatic heterocycles. The van der Waals surface area contributed by atoms with Gasteiger partial charge >= 0.3 is 0 Å². The van der Waals surface area contributed by atoms with E-state index in [-0.39, 0.29) is 18.1 Å². The number of nitrogens with two attached hydrogens (primary N) is 1. The zero-order valence-electron chi connectivity index (χ0n) is 10.2. The largest absolute Gasteiger partial charge is 0.375 e. The normalized spacial score (nSPS) is 27.6. The van der Waals surface area contributed by atoms with E-state index in [1.165, 1.54) is 0 Å². The van der Waals surface area contributed by atoms with Crippen LogP contribution in [0.15, 0.2) is 12.7 Å². The number of carbonyl (C=O) groups is 1. The first-order valence-corrected chi connectivity index (χ1v) is 5.88. The second kappa shape index (κ2) is 6.01. The maximum atomic E-state index is 12.1. The molecule has 0 aliphatic carbocycles. The lowest BCUT2D eigenvalue weighted by molar-refractivity contribution is -0.145. The summed E-state index contributed by atoms with van der Waals surface area (Å²) in [4.78, 5) is 14.0. The predicted molar refractivity (Wildman–Crippen MR) is 64.0 cm³/mol. The van der Waals surface area contributed by atoms with Crippen LogP contribution in [0, 0.1) is 0 Å². The summed E-state index contributed by atoms with van der Waals surface area (Å²) >= 11 is 0. The van der Waals surface area contributed by atoms with Crippen molar-refractivity contribution in [2.45, 2.75) is 44.9 Å². The Hall–Kier alpha value is -0.870. The topological polar surface area (TPSA) is 55.6 Å². The van der Waals surface area contributed by atoms with Crippen molar-refractivity contribution >= 4 is 5.91 Å². The lowest BCUT2D eigenvalue weighted by Gasteiger charge is -2.39. The molecule has 0 saturated carbocycles. The highest BCUT2D eigenvalue weighted by Crippen LogP contribution is 2.15. The van der Waals surface area contributed by atoms with E-state index in [2.05, 4.69) is 13.5 Å². The van der Waals surface area contributed by atoms with Gasteiger partial charge < -0.3 is 15.4 Å². The third-order valence-corrected chi connectivity index (χ3v) is 2.96. The Morgan fingerprint density at radius 1 is 1.75 bits per heavy atom. The van der Waals surface area contributed by atoms with E-state index < -0.39 is 6.04 Å². The molecule has 16 heavy (non-hydrogen) atoms. The standard InChI is InChI=1S/C12H22N2O2/c1-4-6-11(13)12(15)14-7-9(3)16-8-10(14)5-2/h4,9-11H,1,5-8,13H2,2-3H3. The molecule has 0 radical (unpaired) electrons. The summed E-state index contributed by atoms with van der Waals surface area (Å²) in [6, 6.07) is -0.295. The monoisotopic (exact) mass is 226 g/mol. The first-order valence-electron chi connectivity index (χ1n) is 5.88. The van der Waals surface area contributed by atoms with Crippen LogP contribution in [0.5, 0.6) is 0 Å². The number of morpholine rings is 1. The number of amides is 1. The second-order valence-corrected chi connectivity index (χ2v) is 4.33. The molecule has 1 aliphatic rings. The Labute approximate surface area is 97.4 Å². The van der Waals surface area contributed by atoms with Crippen molar-refractivity contribution in [2.75, 3.05) is 13.2 Å². The van der Waals surface area contributed by atoms with Crippen molar-refractivity contribution in [1.82, 2.24) is 4.90 Å². The van der Waals surface area contributed by atoms with Crippen LogP contribution >= 0.6 is 0 Å². The van der Waals surface area contributed by atoms with E-state index in [1.807, 2.05) is 11.8 Å². The second-order valence-electron chi connectivity index (χ2n) is 4.33. The molecule has 4 nitrogen and oxygen atoms in total. The summed E-state index contributed by atoms with van der Waals surface area (Å²) in [5, 5.41) is 0. The lowest BCUT2D eigenvalue weighted by atomic mass is 10.1. The highest BCUT2D eigenvalue weighted by molar-refractivity contribution is 5.82. The Balaban J connectivity index is 2.66. The number of carbonyl (C=O) groups excluding carboxylic acids is 1. The van der Waals surface area contributed by atoms with Gasteiger partial charge in [-0.25, -0.2) is 0 Å². The van der Waals surface area contributed by atoms with Crippen molar-refractivity contribution in [3.8, 4) is 0 Å². The van der Waals surface area contributed by atoms with Crippen LogP contribution in [0.4, 0.5) is 0 Å². The van der Waals surface area contributed by atoms with Crippen LogP contribution in [0.25, 0.3) is 0 Å². The number of nitrogens with zero attached hydrogens (tertiary/aromatic N) is 1. The van der Waals surface area contributed by atoms with Crippen molar-refractivity contribution in [1.29, 1.82) is 0 Å². The smallest absolute Gasteiger partial charge is 0.240 e. The molecule has 1 fully saturated rings. The van der Waals surface area contributed by atoms with Gasteiger partial charge in [0.15, 0.2) is 0 Å². The van der Waals surface area contributed by atoms with Crippen molar-refractivity contribution in [3.05, 3.63) is 12.7 Å². The van der Waals surface area contributed by atoms with Crippen LogP contribution in [0.1, 0.15) is 26.7 Å². The first-order chi connectivity index (χ1) is 7.60. The number of ether oxygens (including phenoxy) is 1. The maximum absolute atomic E-state index is 12.1. The molecule has 1 amide bonds. The average Bonchev–Trinajstić information content (AvgIpc) is 2.28. The zero-order chi connectivity index (χ0) is 12.1. The minimum Gasteiger partial charge on any atom is -0.375 e. The van der Waals surface area contributed by atoms with Crippen molar-refractivity contribution in [3.63, 3.8) is 0 Å². The Kier molecular flexibility index (Phi) is 4.96. The van der Waals surface area contributed by atoms with Gasteiger partial charge in [-0.05, 0) is 19.8 Å². The van der Waals surface area contributed by atoms with E-state index >= 15 is 0 Å². The molecule has 0 spiro atoms. The molecule has 1 heterocycles. The highest BCUT2D eigenvalue weighted by atomic mass is 16.5. The van der Waals surface area contributed by atoms with Gasteiger partial charge in [-0.2, -0.15) is 0 Å². The molecule has 0 aromatic rings. The van der Waals surface area contributed by atoms with Crippen LogP contribution in [0.3, 0.4) is 0 Å². The van der Waals surface area contributed by atoms with Gasteiger partial charge in [-0.15, -0.1) is 6.58 Å². The molecule has 3 unspecified atom stereocenters. The summed E-state index contributed by atoms with van der Waals surface area (Å²) in [6.07, 6.45) is 3.22. The number of rotatable bonds is 4. The molecular weight excluding hydrogens is 204 g/mol. The van der Waals surface area contributed by atoms with E-state index in [0.717, 1.165) is 6.42 Å². The van der Waals surface area contributed by atoms with Gasteiger partial charge in [-0.1, -0.05) is 13.0 Å². The summed E-state index contributed by atoms with van der Waals surface area (Å²) in [6.45, 7) is 8.90. The maximum Gasteiger partial charge on any atom is 0.240 e. The Bertz CT molecular complexity index is 255. The first kappa shape index (κ1) is 13.2. The van der Waals surface area contributed by atoms with Crippen molar-refractivity contribution in [2.24, 2.45) is 5.73 Å². The Morgan fingerprint density at radius 2 is 2.44 bits per heavy atom. The summed E-state index contributed by atoms with van der Waals surface area (Å²) in [5.41, 5.74) is 5.82. The van der Waals surface area contributed by atoms with E-state index in [9.17, 15) is 4.79 Å². The van der Waals surface area contributed by atoms with Crippen molar-refractivity contribution < 1.29 is 9.53 Å². The molecule has 2 N–H and O–H groups in total. The van der Waals surface area contributed by atoms with Crippen LogP contribution < -0.4 is 5.73 Å². The van der Waals surface area contributed by atoms with Gasteiger partial charge in [0.1, 0.15) is 0 Å². The predicted octanol–water partition coefficient (Wildman–Crippen LogP) is 0.916. The minimum absolute atomic E-state index is 0.0156. The van der Waals surface area contributed by atoms with Gasteiger partial charge in [0.2, 0.25) is 5.91 Å². The number of hydrogen-bond donors (Lipinski definition) is 1. The molecule has 92 valence electrons. The third-order valence-electron chi connectivity index (χ3n) is 2.96. The van der Waals surface area contributed by atoms with Gasteiger partial charge in [-0.3, -0.25) is 4.79 Å². The molecule has 4 heteroatoms. The summed E-state index contributed by atoms with van der Waals surface area (Å²) in [7, 11) is 0. The summed E-state index contributed by atoms with van der Waals surface area (Å²) in [5.74, 6) is 0.0156. The Morgan fingerprint density at radius 3 is 3.00 bits per heavy atom. The van der Waals surface area contributed by atoms with E-state index in [0.29, 0.717) is 19.6 Å². The van der Waals surface area contributed by atoms with E-state index in [1.54, 1.807) is 6.08 Å². The fourth-order valence-electron chi connectivity index (χ4n) is 1.95. The summed E-state index contributed by atoms with van der Waals surface area (Å²) < 4.78 is 5.55. The van der Waals surface area contributed by atoms with Gasteiger partial charge in [0, 0.05) is 6.54 Å². The lowest BCUT2D eigenvalue weighted by Crippen LogP contribution is -2.55. The fraction of sp³-hybridized carbons (Fsp3) is 0.750. The molecule has 0 aromatic carbocycles. The van der Waals surface area contributed by atoms with Crippen LogP contribution in [-0.2, 0) is 9.53 Å². The third kappa shape index (κ3) is 3.06. The molecule has 1 rings (SSSR count). The molecule has 3 atom stereocenters. The van der Waals surface area contributed by atoms with E-state index in [4.69, 9.17) is 10.5 Å². The molecule has 0 bridgehead atoms. The zero-order valence-corrected chi connectivity index (χ0v) is 10.2. The van der Waals surface area contributed by atoms with Crippen LogP contribution in [-0.4, -0.2) is 42.1 Å². The van der Waals surface area contributed by atoms with Crippen LogP contribution in [0.2, 0.25) is 0 Å². The quantitative estimate of drug-likeness (QED) is 0.725. The van der Waals surface area contributed by atoms with Gasteiger partial charge in [0.25, 0.3) is 0 Å². The van der Waals surface area contributed by atoms with Gasteiger partial charge in [0.05, 0.1) is 24.8 Å². The fourth-order valence-corrected chi connectivity index (χ4v) is 1.95. The molecular formula is C12H22N2O2. The average molecular weight is 226 g/mol. The number of hydrogen-bond acceptors (Lipinski definition) is 3. The highest BCUT2D eigenvalue weighted by Gasteiger charge is 2.31. The SMILES string of the molecule is C=CCC(N)C(=O)N1CC(C)OCC1CC. The molecule has 1 saturated heterocycles. The minimum atomic E-state index is -0.461.